The first-order valence-corrected chi connectivity index (χ1v) is 6.98. The normalized spacial score (nSPS) is 14.0. The van der Waals surface area contributed by atoms with Gasteiger partial charge in [0.2, 0.25) is 0 Å². The lowest BCUT2D eigenvalue weighted by atomic mass is 10.2. The maximum Gasteiger partial charge on any atom is 0.319 e. The van der Waals surface area contributed by atoms with E-state index in [0.29, 0.717) is 25.9 Å². The molecular formula is C10H16Br2O4. The second-order valence-corrected chi connectivity index (χ2v) is 5.18. The molecule has 16 heavy (non-hydrogen) atoms. The number of alkyl halides is 2. The highest BCUT2D eigenvalue weighted by atomic mass is 79.9. The SMILES string of the molecule is CCOC(=O)[C@@H](Br)CC[C@H](Br)OC(=O)CC. The van der Waals surface area contributed by atoms with Gasteiger partial charge in [-0.2, -0.15) is 0 Å². The summed E-state index contributed by atoms with van der Waals surface area (Å²) in [7, 11) is 0. The quantitative estimate of drug-likeness (QED) is 0.518. The number of rotatable bonds is 7. The van der Waals surface area contributed by atoms with Gasteiger partial charge < -0.3 is 9.47 Å². The molecule has 0 aromatic carbocycles. The van der Waals surface area contributed by atoms with Crippen LogP contribution in [0.3, 0.4) is 0 Å². The lowest BCUT2D eigenvalue weighted by Gasteiger charge is -2.13. The molecule has 0 radical (unpaired) electrons. The molecule has 2 atom stereocenters. The second-order valence-electron chi connectivity index (χ2n) is 3.05. The van der Waals surface area contributed by atoms with Gasteiger partial charge >= 0.3 is 11.9 Å². The number of carbonyl (C=O) groups is 2. The van der Waals surface area contributed by atoms with Gasteiger partial charge in [0.05, 0.1) is 6.61 Å². The zero-order chi connectivity index (χ0) is 12.6. The largest absolute Gasteiger partial charge is 0.465 e. The van der Waals surface area contributed by atoms with Crippen molar-refractivity contribution in [2.24, 2.45) is 0 Å². The van der Waals surface area contributed by atoms with Crippen LogP contribution in [0.2, 0.25) is 0 Å². The maximum atomic E-state index is 11.2. The Bertz CT molecular complexity index is 233. The molecule has 0 aromatic rings. The Hall–Kier alpha value is -0.100. The first-order valence-electron chi connectivity index (χ1n) is 5.15. The zero-order valence-corrected chi connectivity index (χ0v) is 12.5. The van der Waals surface area contributed by atoms with Crippen molar-refractivity contribution in [2.75, 3.05) is 6.61 Å². The van der Waals surface area contributed by atoms with Crippen LogP contribution in [-0.2, 0) is 19.1 Å². The van der Waals surface area contributed by atoms with Crippen LogP contribution >= 0.6 is 31.9 Å². The van der Waals surface area contributed by atoms with E-state index in [1.165, 1.54) is 0 Å². The average molecular weight is 360 g/mol. The third-order valence-electron chi connectivity index (χ3n) is 1.74. The summed E-state index contributed by atoms with van der Waals surface area (Å²) < 4.78 is 9.82. The predicted octanol–water partition coefficient (Wildman–Crippen LogP) is 2.77. The third-order valence-corrected chi connectivity index (χ3v) is 3.21. The minimum absolute atomic E-state index is 0.260. The van der Waals surface area contributed by atoms with Crippen molar-refractivity contribution in [3.8, 4) is 0 Å². The average Bonchev–Trinajstić information content (AvgIpc) is 2.25. The van der Waals surface area contributed by atoms with Gasteiger partial charge in [-0.25, -0.2) is 0 Å². The first-order chi connectivity index (χ1) is 7.51. The van der Waals surface area contributed by atoms with Crippen molar-refractivity contribution < 1.29 is 19.1 Å². The van der Waals surface area contributed by atoms with E-state index >= 15 is 0 Å². The van der Waals surface area contributed by atoms with Crippen LogP contribution in [0.1, 0.15) is 33.1 Å². The van der Waals surface area contributed by atoms with Crippen molar-refractivity contribution in [2.45, 2.75) is 43.0 Å². The fraction of sp³-hybridized carbons (Fsp3) is 0.800. The highest BCUT2D eigenvalue weighted by molar-refractivity contribution is 9.10. The van der Waals surface area contributed by atoms with E-state index in [0.717, 1.165) is 0 Å². The van der Waals surface area contributed by atoms with Gasteiger partial charge in [-0.1, -0.05) is 22.9 Å². The molecule has 0 saturated heterocycles. The highest BCUT2D eigenvalue weighted by Gasteiger charge is 2.18. The highest BCUT2D eigenvalue weighted by Crippen LogP contribution is 2.17. The third kappa shape index (κ3) is 7.22. The van der Waals surface area contributed by atoms with Gasteiger partial charge in [0, 0.05) is 6.42 Å². The number of hydrogen-bond acceptors (Lipinski definition) is 4. The number of ether oxygens (including phenoxy) is 2. The molecule has 0 heterocycles. The van der Waals surface area contributed by atoms with Crippen LogP contribution in [0.5, 0.6) is 0 Å². The molecule has 0 unspecified atom stereocenters. The summed E-state index contributed by atoms with van der Waals surface area (Å²) in [5, 5.41) is -0.352. The van der Waals surface area contributed by atoms with Crippen LogP contribution in [0.15, 0.2) is 0 Å². The van der Waals surface area contributed by atoms with Crippen molar-refractivity contribution in [1.82, 2.24) is 0 Å². The van der Waals surface area contributed by atoms with E-state index in [4.69, 9.17) is 9.47 Å². The zero-order valence-electron chi connectivity index (χ0n) is 9.37. The Morgan fingerprint density at radius 1 is 1.19 bits per heavy atom. The molecule has 0 spiro atoms. The van der Waals surface area contributed by atoms with Crippen LogP contribution in [0, 0.1) is 0 Å². The fourth-order valence-electron chi connectivity index (χ4n) is 0.913. The molecule has 0 saturated carbocycles. The molecule has 6 heteroatoms. The molecule has 4 nitrogen and oxygen atoms in total. The molecule has 0 amide bonds. The van der Waals surface area contributed by atoms with Crippen LogP contribution in [-0.4, -0.2) is 28.4 Å². The lowest BCUT2D eigenvalue weighted by molar-refractivity contribution is -0.144. The molecule has 0 aliphatic heterocycles. The summed E-state index contributed by atoms with van der Waals surface area (Å²) in [6, 6.07) is 0. The number of carbonyl (C=O) groups excluding carboxylic acids is 2. The number of halogens is 2. The summed E-state index contributed by atoms with van der Waals surface area (Å²) in [6.07, 6.45) is 1.45. The van der Waals surface area contributed by atoms with E-state index < -0.39 is 0 Å². The van der Waals surface area contributed by atoms with Crippen molar-refractivity contribution in [1.29, 1.82) is 0 Å². The molecule has 0 N–H and O–H groups in total. The second kappa shape index (κ2) is 8.98. The predicted molar refractivity (Wildman–Crippen MR) is 67.7 cm³/mol. The van der Waals surface area contributed by atoms with Gasteiger partial charge in [0.25, 0.3) is 0 Å². The molecule has 0 aliphatic carbocycles. The first kappa shape index (κ1) is 15.9. The molecule has 0 aliphatic rings. The minimum Gasteiger partial charge on any atom is -0.465 e. The van der Waals surface area contributed by atoms with Gasteiger partial charge in [0.1, 0.15) is 4.83 Å². The van der Waals surface area contributed by atoms with E-state index in [2.05, 4.69) is 31.9 Å². The van der Waals surface area contributed by atoms with Gasteiger partial charge in [0.15, 0.2) is 5.01 Å². The van der Waals surface area contributed by atoms with E-state index in [1.54, 1.807) is 13.8 Å². The number of hydrogen-bond donors (Lipinski definition) is 0. The monoisotopic (exact) mass is 358 g/mol. The Balaban J connectivity index is 3.78. The molecule has 94 valence electrons. The summed E-state index contributed by atoms with van der Waals surface area (Å²) in [5.74, 6) is -0.548. The summed E-state index contributed by atoms with van der Waals surface area (Å²) >= 11 is 6.44. The topological polar surface area (TPSA) is 52.6 Å². The van der Waals surface area contributed by atoms with E-state index in [9.17, 15) is 9.59 Å². The molecule has 0 rings (SSSR count). The fourth-order valence-corrected chi connectivity index (χ4v) is 1.78. The molecule has 0 fully saturated rings. The van der Waals surface area contributed by atoms with Crippen LogP contribution in [0.25, 0.3) is 0 Å². The Morgan fingerprint density at radius 3 is 2.31 bits per heavy atom. The summed E-state index contributed by atoms with van der Waals surface area (Å²) in [5.41, 5.74) is 0. The smallest absolute Gasteiger partial charge is 0.319 e. The molecular weight excluding hydrogens is 344 g/mol. The summed E-state index contributed by atoms with van der Waals surface area (Å²) in [4.78, 5) is 21.8. The number of esters is 2. The Kier molecular flexibility index (Phi) is 8.93. The lowest BCUT2D eigenvalue weighted by Crippen LogP contribution is -2.20. The van der Waals surface area contributed by atoms with E-state index in [1.807, 2.05) is 0 Å². The van der Waals surface area contributed by atoms with Crippen molar-refractivity contribution >= 4 is 43.8 Å². The van der Waals surface area contributed by atoms with Gasteiger partial charge in [-0.05, 0) is 35.7 Å². The standard InChI is InChI=1S/C10H16Br2O4/c1-3-9(13)16-8(12)6-5-7(11)10(14)15-4-2/h7-8H,3-6H2,1-2H3/t7-,8+/m0/s1. The van der Waals surface area contributed by atoms with Crippen LogP contribution < -0.4 is 0 Å². The van der Waals surface area contributed by atoms with E-state index in [-0.39, 0.29) is 21.8 Å². The van der Waals surface area contributed by atoms with Crippen molar-refractivity contribution in [3.63, 3.8) is 0 Å². The van der Waals surface area contributed by atoms with Crippen LogP contribution in [0.4, 0.5) is 0 Å². The minimum atomic E-state index is -0.354. The van der Waals surface area contributed by atoms with Crippen molar-refractivity contribution in [3.05, 3.63) is 0 Å². The summed E-state index contributed by atoms with van der Waals surface area (Å²) in [6.45, 7) is 3.85. The van der Waals surface area contributed by atoms with Gasteiger partial charge in [-0.3, -0.25) is 9.59 Å². The Morgan fingerprint density at radius 2 is 1.81 bits per heavy atom. The molecule has 0 bridgehead atoms. The maximum absolute atomic E-state index is 11.2. The van der Waals surface area contributed by atoms with Gasteiger partial charge in [-0.15, -0.1) is 0 Å². The molecule has 0 aromatic heterocycles. The Labute approximate surface area is 112 Å².